The standard InChI is InChI=1S/C18H26ClNO2/c19-16-4-1-3-15(11-16)12-18(14-21)7-2-8-20(13-18)17-5-9-22-10-6-17/h1,3-4,11,17,21H,2,5-10,12-14H2. The molecule has 1 N–H and O–H groups in total. The van der Waals surface area contributed by atoms with Crippen molar-refractivity contribution in [2.45, 2.75) is 38.1 Å². The zero-order chi connectivity index (χ0) is 15.4. The van der Waals surface area contributed by atoms with Crippen LogP contribution in [0.15, 0.2) is 24.3 Å². The minimum absolute atomic E-state index is 0.0266. The maximum absolute atomic E-state index is 10.1. The van der Waals surface area contributed by atoms with Crippen molar-refractivity contribution < 1.29 is 9.84 Å². The highest BCUT2D eigenvalue weighted by molar-refractivity contribution is 6.30. The highest BCUT2D eigenvalue weighted by Crippen LogP contribution is 2.35. The lowest BCUT2D eigenvalue weighted by Crippen LogP contribution is -2.51. The topological polar surface area (TPSA) is 32.7 Å². The quantitative estimate of drug-likeness (QED) is 0.924. The molecule has 1 aromatic carbocycles. The Balaban J connectivity index is 1.70. The molecule has 1 aromatic rings. The predicted octanol–water partition coefficient (Wildman–Crippen LogP) is 3.14. The lowest BCUT2D eigenvalue weighted by atomic mass is 9.75. The van der Waals surface area contributed by atoms with Gasteiger partial charge in [-0.15, -0.1) is 0 Å². The van der Waals surface area contributed by atoms with E-state index in [-0.39, 0.29) is 12.0 Å². The summed E-state index contributed by atoms with van der Waals surface area (Å²) >= 11 is 6.11. The van der Waals surface area contributed by atoms with Crippen LogP contribution >= 0.6 is 11.6 Å². The van der Waals surface area contributed by atoms with Crippen LogP contribution in [0.1, 0.15) is 31.2 Å². The third-order valence-electron chi connectivity index (χ3n) is 5.20. The van der Waals surface area contributed by atoms with Crippen molar-refractivity contribution in [3.8, 4) is 0 Å². The van der Waals surface area contributed by atoms with Crippen LogP contribution in [0.5, 0.6) is 0 Å². The predicted molar refractivity (Wildman–Crippen MR) is 89.3 cm³/mol. The number of ether oxygens (including phenoxy) is 1. The van der Waals surface area contributed by atoms with Crippen molar-refractivity contribution >= 4 is 11.6 Å². The fraction of sp³-hybridized carbons (Fsp3) is 0.667. The molecule has 0 saturated carbocycles. The van der Waals surface area contributed by atoms with Crippen LogP contribution in [0.3, 0.4) is 0 Å². The first-order chi connectivity index (χ1) is 10.7. The van der Waals surface area contributed by atoms with Gasteiger partial charge in [-0.2, -0.15) is 0 Å². The van der Waals surface area contributed by atoms with E-state index in [4.69, 9.17) is 16.3 Å². The number of hydrogen-bond acceptors (Lipinski definition) is 3. The molecule has 0 spiro atoms. The maximum atomic E-state index is 10.1. The van der Waals surface area contributed by atoms with Gasteiger partial charge in [-0.1, -0.05) is 23.7 Å². The van der Waals surface area contributed by atoms with Gasteiger partial charge in [-0.3, -0.25) is 4.90 Å². The van der Waals surface area contributed by atoms with Crippen LogP contribution in [0.2, 0.25) is 5.02 Å². The van der Waals surface area contributed by atoms with Gasteiger partial charge in [0.15, 0.2) is 0 Å². The minimum atomic E-state index is -0.0266. The number of likely N-dealkylation sites (tertiary alicyclic amines) is 1. The molecule has 3 nitrogen and oxygen atoms in total. The Bertz CT molecular complexity index is 490. The van der Waals surface area contributed by atoms with Gasteiger partial charge in [0.25, 0.3) is 0 Å². The Morgan fingerprint density at radius 2 is 2.14 bits per heavy atom. The fourth-order valence-electron chi connectivity index (χ4n) is 4.02. The van der Waals surface area contributed by atoms with Crippen molar-refractivity contribution in [2.75, 3.05) is 32.9 Å². The van der Waals surface area contributed by atoms with Crippen molar-refractivity contribution in [3.63, 3.8) is 0 Å². The Kier molecular flexibility index (Phi) is 5.40. The fourth-order valence-corrected chi connectivity index (χ4v) is 4.23. The molecule has 0 amide bonds. The molecule has 1 atom stereocenters. The molecule has 0 bridgehead atoms. The van der Waals surface area contributed by atoms with Gasteiger partial charge in [0.1, 0.15) is 0 Å². The highest BCUT2D eigenvalue weighted by Gasteiger charge is 2.37. The van der Waals surface area contributed by atoms with Gasteiger partial charge in [-0.25, -0.2) is 0 Å². The highest BCUT2D eigenvalue weighted by atomic mass is 35.5. The Morgan fingerprint density at radius 3 is 2.86 bits per heavy atom. The van der Waals surface area contributed by atoms with Gasteiger partial charge < -0.3 is 9.84 Å². The summed E-state index contributed by atoms with van der Waals surface area (Å²) in [4.78, 5) is 2.59. The summed E-state index contributed by atoms with van der Waals surface area (Å²) in [5.74, 6) is 0. The molecule has 0 radical (unpaired) electrons. The lowest BCUT2D eigenvalue weighted by molar-refractivity contribution is -0.0228. The van der Waals surface area contributed by atoms with Crippen LogP contribution in [0.25, 0.3) is 0 Å². The molecule has 122 valence electrons. The molecule has 4 heteroatoms. The van der Waals surface area contributed by atoms with Crippen molar-refractivity contribution in [1.82, 2.24) is 4.90 Å². The Labute approximate surface area is 138 Å². The van der Waals surface area contributed by atoms with E-state index in [1.807, 2.05) is 18.2 Å². The Hall–Kier alpha value is -0.610. The first-order valence-electron chi connectivity index (χ1n) is 8.38. The van der Waals surface area contributed by atoms with Gasteiger partial charge in [0.2, 0.25) is 0 Å². The van der Waals surface area contributed by atoms with Crippen LogP contribution in [0.4, 0.5) is 0 Å². The first-order valence-corrected chi connectivity index (χ1v) is 8.76. The van der Waals surface area contributed by atoms with Crippen LogP contribution in [-0.2, 0) is 11.2 Å². The number of nitrogens with zero attached hydrogens (tertiary/aromatic N) is 1. The molecule has 2 fully saturated rings. The smallest absolute Gasteiger partial charge is 0.0502 e. The third-order valence-corrected chi connectivity index (χ3v) is 5.44. The first kappa shape index (κ1) is 16.3. The summed E-state index contributed by atoms with van der Waals surface area (Å²) in [5.41, 5.74) is 1.21. The van der Waals surface area contributed by atoms with Crippen LogP contribution in [-0.4, -0.2) is 49.0 Å². The van der Waals surface area contributed by atoms with E-state index < -0.39 is 0 Å². The van der Waals surface area contributed by atoms with Gasteiger partial charge in [0, 0.05) is 36.2 Å². The number of hydrogen-bond donors (Lipinski definition) is 1. The summed E-state index contributed by atoms with van der Waals surface area (Å²) < 4.78 is 5.49. The second-order valence-electron chi connectivity index (χ2n) is 6.88. The van der Waals surface area contributed by atoms with Crippen LogP contribution < -0.4 is 0 Å². The number of benzene rings is 1. The summed E-state index contributed by atoms with van der Waals surface area (Å²) in [6.07, 6.45) is 5.41. The molecule has 22 heavy (non-hydrogen) atoms. The van der Waals surface area contributed by atoms with Gasteiger partial charge in [-0.05, 0) is 56.3 Å². The zero-order valence-electron chi connectivity index (χ0n) is 13.1. The van der Waals surface area contributed by atoms with Crippen molar-refractivity contribution in [2.24, 2.45) is 5.41 Å². The van der Waals surface area contributed by atoms with E-state index >= 15 is 0 Å². The lowest BCUT2D eigenvalue weighted by Gasteiger charge is -2.46. The van der Waals surface area contributed by atoms with E-state index in [9.17, 15) is 5.11 Å². The average Bonchev–Trinajstić information content (AvgIpc) is 2.56. The molecule has 3 rings (SSSR count). The zero-order valence-corrected chi connectivity index (χ0v) is 13.9. The molecule has 0 aliphatic carbocycles. The second-order valence-corrected chi connectivity index (χ2v) is 7.32. The molecule has 2 heterocycles. The monoisotopic (exact) mass is 323 g/mol. The van der Waals surface area contributed by atoms with E-state index in [0.717, 1.165) is 57.0 Å². The number of aliphatic hydroxyl groups excluding tert-OH is 1. The SMILES string of the molecule is OCC1(Cc2cccc(Cl)c2)CCCN(C2CCOCC2)C1. The molecule has 1 unspecified atom stereocenters. The van der Waals surface area contributed by atoms with Gasteiger partial charge >= 0.3 is 0 Å². The normalized spacial score (nSPS) is 27.9. The molecular weight excluding hydrogens is 298 g/mol. The van der Waals surface area contributed by atoms with E-state index in [1.54, 1.807) is 0 Å². The number of aliphatic hydroxyl groups is 1. The minimum Gasteiger partial charge on any atom is -0.396 e. The van der Waals surface area contributed by atoms with Crippen molar-refractivity contribution in [3.05, 3.63) is 34.9 Å². The van der Waals surface area contributed by atoms with Gasteiger partial charge in [0.05, 0.1) is 6.61 Å². The average molecular weight is 324 g/mol. The van der Waals surface area contributed by atoms with Crippen molar-refractivity contribution in [1.29, 1.82) is 0 Å². The molecular formula is C18H26ClNO2. The summed E-state index contributed by atoms with van der Waals surface area (Å²) in [6, 6.07) is 8.69. The summed E-state index contributed by atoms with van der Waals surface area (Å²) in [6.45, 7) is 4.14. The third kappa shape index (κ3) is 3.83. The number of piperidine rings is 1. The number of halogens is 1. The summed E-state index contributed by atoms with van der Waals surface area (Å²) in [7, 11) is 0. The summed E-state index contributed by atoms with van der Waals surface area (Å²) in [5, 5.41) is 10.9. The second kappa shape index (κ2) is 7.31. The van der Waals surface area contributed by atoms with Crippen LogP contribution in [0, 0.1) is 5.41 Å². The molecule has 2 saturated heterocycles. The van der Waals surface area contributed by atoms with E-state index in [2.05, 4.69) is 11.0 Å². The number of rotatable bonds is 4. The maximum Gasteiger partial charge on any atom is 0.0502 e. The molecule has 2 aliphatic rings. The molecule has 2 aliphatic heterocycles. The van der Waals surface area contributed by atoms with E-state index in [0.29, 0.717) is 6.04 Å². The van der Waals surface area contributed by atoms with E-state index in [1.165, 1.54) is 12.0 Å². The largest absolute Gasteiger partial charge is 0.396 e. The molecule has 0 aromatic heterocycles. The Morgan fingerprint density at radius 1 is 1.32 bits per heavy atom.